The molecule has 0 fully saturated rings. The molecule has 7 heteroatoms. The number of benzene rings is 2. The van der Waals surface area contributed by atoms with Crippen LogP contribution < -0.4 is 0 Å². The second kappa shape index (κ2) is 8.04. The Morgan fingerprint density at radius 3 is 2.44 bits per heavy atom. The number of thiophene rings is 1. The van der Waals surface area contributed by atoms with Crippen molar-refractivity contribution in [3.05, 3.63) is 98.9 Å². The van der Waals surface area contributed by atoms with Crippen molar-refractivity contribution in [2.75, 3.05) is 6.73 Å². The molecule has 3 heterocycles. The molecular formula is C27H18N2O4S. The van der Waals surface area contributed by atoms with Crippen LogP contribution in [0, 0.1) is 0 Å². The van der Waals surface area contributed by atoms with Gasteiger partial charge in [0.05, 0.1) is 27.9 Å². The van der Waals surface area contributed by atoms with Crippen LogP contribution >= 0.6 is 11.3 Å². The Kier molecular flexibility index (Phi) is 4.85. The van der Waals surface area contributed by atoms with Crippen LogP contribution in [0.3, 0.4) is 0 Å². The van der Waals surface area contributed by atoms with E-state index in [1.165, 1.54) is 0 Å². The minimum absolute atomic E-state index is 0.321. The average molecular weight is 467 g/mol. The highest BCUT2D eigenvalue weighted by Gasteiger charge is 2.36. The van der Waals surface area contributed by atoms with Gasteiger partial charge in [0.15, 0.2) is 6.73 Å². The SMILES string of the molecule is O=C(OCN1C(=O)c2ccccc2C1=O)c1c2c(nc3ccccc13)C(=Cc1cccs1)CC2. The number of hydrogen-bond acceptors (Lipinski definition) is 6. The number of imide groups is 1. The third kappa shape index (κ3) is 3.24. The summed E-state index contributed by atoms with van der Waals surface area (Å²) in [7, 11) is 0. The van der Waals surface area contributed by atoms with Crippen LogP contribution in [0.5, 0.6) is 0 Å². The van der Waals surface area contributed by atoms with Gasteiger partial charge in [0.1, 0.15) is 0 Å². The van der Waals surface area contributed by atoms with E-state index in [0.717, 1.165) is 33.0 Å². The summed E-state index contributed by atoms with van der Waals surface area (Å²) in [5, 5.41) is 2.73. The number of carbonyl (C=O) groups is 3. The molecule has 1 aliphatic heterocycles. The van der Waals surface area contributed by atoms with Crippen LogP contribution in [0.4, 0.5) is 0 Å². The summed E-state index contributed by atoms with van der Waals surface area (Å²) in [5.41, 5.74) is 4.52. The second-order valence-corrected chi connectivity index (χ2v) is 9.14. The molecule has 166 valence electrons. The number of allylic oxidation sites excluding steroid dienone is 1. The first-order chi connectivity index (χ1) is 16.6. The molecule has 1 aliphatic carbocycles. The van der Waals surface area contributed by atoms with Crippen LogP contribution in [0.2, 0.25) is 0 Å². The first kappa shape index (κ1) is 20.5. The van der Waals surface area contributed by atoms with Crippen molar-refractivity contribution in [1.82, 2.24) is 9.88 Å². The molecule has 2 aromatic carbocycles. The minimum atomic E-state index is -0.566. The first-order valence-electron chi connectivity index (χ1n) is 10.9. The van der Waals surface area contributed by atoms with Crippen molar-refractivity contribution < 1.29 is 19.1 Å². The summed E-state index contributed by atoms with van der Waals surface area (Å²) in [6.07, 6.45) is 3.56. The van der Waals surface area contributed by atoms with Crippen LogP contribution in [0.25, 0.3) is 22.6 Å². The largest absolute Gasteiger partial charge is 0.440 e. The van der Waals surface area contributed by atoms with E-state index in [9.17, 15) is 14.4 Å². The minimum Gasteiger partial charge on any atom is -0.440 e. The normalized spacial score (nSPS) is 15.8. The van der Waals surface area contributed by atoms with Gasteiger partial charge in [-0.15, -0.1) is 11.3 Å². The van der Waals surface area contributed by atoms with E-state index in [1.807, 2.05) is 41.8 Å². The fourth-order valence-electron chi connectivity index (χ4n) is 4.61. The number of carbonyl (C=O) groups excluding carboxylic acids is 3. The number of pyridine rings is 1. The lowest BCUT2D eigenvalue weighted by atomic mass is 10.0. The molecule has 4 aromatic rings. The van der Waals surface area contributed by atoms with Gasteiger partial charge in [-0.3, -0.25) is 9.59 Å². The molecule has 6 rings (SSSR count). The summed E-state index contributed by atoms with van der Waals surface area (Å²) in [6.45, 7) is -0.436. The molecule has 0 bridgehead atoms. The number of rotatable bonds is 4. The van der Waals surface area contributed by atoms with Crippen molar-refractivity contribution in [3.8, 4) is 0 Å². The van der Waals surface area contributed by atoms with Crippen molar-refractivity contribution >= 4 is 51.7 Å². The molecule has 2 aromatic heterocycles. The van der Waals surface area contributed by atoms with E-state index < -0.39 is 24.5 Å². The number of para-hydroxylation sites is 1. The lowest BCUT2D eigenvalue weighted by molar-refractivity contribution is 0.0229. The van der Waals surface area contributed by atoms with Gasteiger partial charge < -0.3 is 4.74 Å². The number of nitrogens with zero attached hydrogens (tertiary/aromatic N) is 2. The Hall–Kier alpha value is -4.10. The smallest absolute Gasteiger partial charge is 0.340 e. The van der Waals surface area contributed by atoms with E-state index in [0.29, 0.717) is 34.0 Å². The third-order valence-corrected chi connectivity index (χ3v) is 7.03. The summed E-state index contributed by atoms with van der Waals surface area (Å²) >= 11 is 1.65. The van der Waals surface area contributed by atoms with Gasteiger partial charge in [0, 0.05) is 10.3 Å². The molecule has 0 spiro atoms. The van der Waals surface area contributed by atoms with Gasteiger partial charge in [-0.2, -0.15) is 0 Å². The standard InChI is InChI=1S/C27H18N2O4S/c30-25-18-7-1-2-8-19(18)26(31)29(25)15-33-27(32)23-20-9-3-4-10-22(20)28-24-16(11-12-21(23)24)14-17-6-5-13-34-17/h1-10,13-14H,11-12,15H2. The van der Waals surface area contributed by atoms with Crippen molar-refractivity contribution in [3.63, 3.8) is 0 Å². The Morgan fingerprint density at radius 1 is 0.971 bits per heavy atom. The van der Waals surface area contributed by atoms with Crippen molar-refractivity contribution in [1.29, 1.82) is 0 Å². The maximum atomic E-state index is 13.4. The summed E-state index contributed by atoms with van der Waals surface area (Å²) < 4.78 is 5.56. The van der Waals surface area contributed by atoms with Crippen LogP contribution in [0.15, 0.2) is 66.0 Å². The zero-order valence-corrected chi connectivity index (χ0v) is 18.8. The Labute approximate surface area is 199 Å². The number of ether oxygens (including phenoxy) is 1. The van der Waals surface area contributed by atoms with Gasteiger partial charge in [-0.25, -0.2) is 14.7 Å². The summed E-state index contributed by atoms with van der Waals surface area (Å²) in [5.74, 6) is -1.48. The Bertz CT molecular complexity index is 1490. The van der Waals surface area contributed by atoms with Crippen molar-refractivity contribution in [2.45, 2.75) is 12.8 Å². The zero-order valence-electron chi connectivity index (χ0n) is 18.0. The molecule has 2 amide bonds. The van der Waals surface area contributed by atoms with E-state index in [2.05, 4.69) is 6.08 Å². The van der Waals surface area contributed by atoms with Gasteiger partial charge in [0.25, 0.3) is 11.8 Å². The Morgan fingerprint density at radius 2 is 1.71 bits per heavy atom. The summed E-state index contributed by atoms with van der Waals surface area (Å²) in [6, 6.07) is 18.1. The second-order valence-electron chi connectivity index (χ2n) is 8.16. The fourth-order valence-corrected chi connectivity index (χ4v) is 5.29. The lowest BCUT2D eigenvalue weighted by Gasteiger charge is -2.16. The van der Waals surface area contributed by atoms with Gasteiger partial charge >= 0.3 is 5.97 Å². The first-order valence-corrected chi connectivity index (χ1v) is 11.8. The van der Waals surface area contributed by atoms with E-state index in [-0.39, 0.29) is 0 Å². The number of aromatic nitrogens is 1. The highest BCUT2D eigenvalue weighted by Crippen LogP contribution is 2.38. The average Bonchev–Trinajstić information content (AvgIpc) is 3.57. The predicted molar refractivity (Wildman–Crippen MR) is 129 cm³/mol. The quantitative estimate of drug-likeness (QED) is 0.305. The monoisotopic (exact) mass is 466 g/mol. The molecule has 2 aliphatic rings. The third-order valence-electron chi connectivity index (χ3n) is 6.21. The molecule has 0 atom stereocenters. The van der Waals surface area contributed by atoms with Crippen LogP contribution in [0.1, 0.15) is 53.6 Å². The topological polar surface area (TPSA) is 76.6 Å². The van der Waals surface area contributed by atoms with Crippen LogP contribution in [-0.4, -0.2) is 34.4 Å². The molecule has 6 nitrogen and oxygen atoms in total. The Balaban J connectivity index is 1.35. The van der Waals surface area contributed by atoms with E-state index in [1.54, 1.807) is 35.6 Å². The maximum absolute atomic E-state index is 13.4. The van der Waals surface area contributed by atoms with Crippen molar-refractivity contribution in [2.24, 2.45) is 0 Å². The number of hydrogen-bond donors (Lipinski definition) is 0. The predicted octanol–water partition coefficient (Wildman–Crippen LogP) is 5.19. The van der Waals surface area contributed by atoms with E-state index in [4.69, 9.17) is 9.72 Å². The maximum Gasteiger partial charge on any atom is 0.340 e. The van der Waals surface area contributed by atoms with Gasteiger partial charge in [-0.1, -0.05) is 36.4 Å². The molecular weight excluding hydrogens is 448 g/mol. The fraction of sp³-hybridized carbons (Fsp3) is 0.111. The lowest BCUT2D eigenvalue weighted by Crippen LogP contribution is -2.33. The zero-order chi connectivity index (χ0) is 23.2. The molecule has 34 heavy (non-hydrogen) atoms. The number of amides is 2. The molecule has 0 radical (unpaired) electrons. The van der Waals surface area contributed by atoms with Crippen LogP contribution in [-0.2, 0) is 11.2 Å². The number of fused-ring (bicyclic) bond motifs is 3. The highest BCUT2D eigenvalue weighted by atomic mass is 32.1. The van der Waals surface area contributed by atoms with Gasteiger partial charge in [-0.05, 0) is 59.7 Å². The van der Waals surface area contributed by atoms with Gasteiger partial charge in [0.2, 0.25) is 0 Å². The summed E-state index contributed by atoms with van der Waals surface area (Å²) in [4.78, 5) is 45.6. The molecule has 0 N–H and O–H groups in total. The number of esters is 1. The molecule has 0 saturated carbocycles. The van der Waals surface area contributed by atoms with E-state index >= 15 is 0 Å². The molecule has 0 saturated heterocycles. The highest BCUT2D eigenvalue weighted by molar-refractivity contribution is 7.10. The molecule has 0 unspecified atom stereocenters.